The molecule has 0 bridgehead atoms. The van der Waals surface area contributed by atoms with E-state index < -0.39 is 0 Å². The second-order valence-corrected chi connectivity index (χ2v) is 3.95. The zero-order chi connectivity index (χ0) is 15.8. The van der Waals surface area contributed by atoms with Crippen LogP contribution in [-0.4, -0.2) is 55.0 Å². The van der Waals surface area contributed by atoms with Gasteiger partial charge in [-0.05, 0) is 0 Å². The van der Waals surface area contributed by atoms with Crippen molar-refractivity contribution in [1.82, 2.24) is 15.0 Å². The monoisotopic (exact) mass is 300 g/mol. The SMILES string of the molecule is NCN(CN)c1nc(N(CN)CN)nc(N(CN)CN)n1. The van der Waals surface area contributed by atoms with Crippen molar-refractivity contribution in [2.24, 2.45) is 34.4 Å². The molecule has 0 aliphatic rings. The Labute approximate surface area is 123 Å². The summed E-state index contributed by atoms with van der Waals surface area (Å²) in [7, 11) is 0. The van der Waals surface area contributed by atoms with Crippen LogP contribution in [0, 0.1) is 0 Å². The number of hydrogen-bond acceptors (Lipinski definition) is 12. The fourth-order valence-corrected chi connectivity index (χ4v) is 1.48. The van der Waals surface area contributed by atoms with Crippen LogP contribution in [0.3, 0.4) is 0 Å². The molecule has 12 N–H and O–H groups in total. The lowest BCUT2D eigenvalue weighted by atomic mass is 10.6. The Morgan fingerprint density at radius 2 is 0.667 bits per heavy atom. The molecule has 1 aromatic heterocycles. The number of hydrogen-bond donors (Lipinski definition) is 6. The molecule has 0 atom stereocenters. The molecule has 0 aromatic carbocycles. The quantitative estimate of drug-likeness (QED) is 0.240. The summed E-state index contributed by atoms with van der Waals surface area (Å²) >= 11 is 0. The second-order valence-electron chi connectivity index (χ2n) is 3.95. The van der Waals surface area contributed by atoms with Crippen molar-refractivity contribution in [3.05, 3.63) is 0 Å². The third-order valence-corrected chi connectivity index (χ3v) is 2.77. The zero-order valence-corrected chi connectivity index (χ0v) is 11.9. The second kappa shape index (κ2) is 8.46. The van der Waals surface area contributed by atoms with Crippen molar-refractivity contribution in [3.8, 4) is 0 Å². The maximum Gasteiger partial charge on any atom is 0.234 e. The van der Waals surface area contributed by atoms with E-state index in [1.807, 2.05) is 0 Å². The summed E-state index contributed by atoms with van der Waals surface area (Å²) in [6, 6.07) is 0. The molecule has 0 aliphatic heterocycles. The summed E-state index contributed by atoms with van der Waals surface area (Å²) in [5, 5.41) is 0. The molecule has 1 rings (SSSR count). The van der Waals surface area contributed by atoms with Gasteiger partial charge in [-0.15, -0.1) is 0 Å². The minimum absolute atomic E-state index is 0.149. The highest BCUT2D eigenvalue weighted by Crippen LogP contribution is 2.17. The summed E-state index contributed by atoms with van der Waals surface area (Å²) in [5.74, 6) is 0.913. The number of aromatic nitrogens is 3. The molecule has 0 radical (unpaired) electrons. The van der Waals surface area contributed by atoms with Crippen LogP contribution in [-0.2, 0) is 0 Å². The number of nitrogens with zero attached hydrogens (tertiary/aromatic N) is 6. The van der Waals surface area contributed by atoms with E-state index >= 15 is 0 Å². The van der Waals surface area contributed by atoms with Crippen LogP contribution in [0.15, 0.2) is 0 Å². The maximum absolute atomic E-state index is 5.62. The molecular weight excluding hydrogens is 276 g/mol. The van der Waals surface area contributed by atoms with Crippen molar-refractivity contribution in [3.63, 3.8) is 0 Å². The summed E-state index contributed by atoms with van der Waals surface area (Å²) in [5.41, 5.74) is 33.7. The molecule has 1 heterocycles. The topological polar surface area (TPSA) is 205 Å². The summed E-state index contributed by atoms with van der Waals surface area (Å²) in [4.78, 5) is 17.5. The van der Waals surface area contributed by atoms with Gasteiger partial charge in [-0.25, -0.2) is 0 Å². The van der Waals surface area contributed by atoms with Crippen molar-refractivity contribution < 1.29 is 0 Å². The van der Waals surface area contributed by atoms with Crippen LogP contribution in [0.1, 0.15) is 0 Å². The van der Waals surface area contributed by atoms with Crippen molar-refractivity contribution in [1.29, 1.82) is 0 Å². The van der Waals surface area contributed by atoms with Crippen molar-refractivity contribution in [2.75, 3.05) is 54.7 Å². The molecule has 120 valence electrons. The Balaban J connectivity index is 3.30. The highest BCUT2D eigenvalue weighted by atomic mass is 15.4. The van der Waals surface area contributed by atoms with Crippen LogP contribution in [0.2, 0.25) is 0 Å². The third kappa shape index (κ3) is 4.07. The summed E-state index contributed by atoms with van der Waals surface area (Å²) in [6.45, 7) is 0.892. The van der Waals surface area contributed by atoms with E-state index in [1.54, 1.807) is 14.7 Å². The Hall–Kier alpha value is -1.83. The molecule has 1 aromatic rings. The molecule has 0 unspecified atom stereocenters. The number of rotatable bonds is 9. The first-order valence-corrected chi connectivity index (χ1v) is 6.36. The Kier molecular flexibility index (Phi) is 6.93. The van der Waals surface area contributed by atoms with Gasteiger partial charge in [0.2, 0.25) is 17.8 Å². The van der Waals surface area contributed by atoms with E-state index in [0.717, 1.165) is 0 Å². The number of anilines is 3. The van der Waals surface area contributed by atoms with Gasteiger partial charge in [0, 0.05) is 0 Å². The molecule has 21 heavy (non-hydrogen) atoms. The molecular formula is C9H24N12. The number of nitrogens with two attached hydrogens (primary N) is 6. The van der Waals surface area contributed by atoms with Crippen LogP contribution >= 0.6 is 0 Å². The van der Waals surface area contributed by atoms with Crippen LogP contribution < -0.4 is 49.1 Å². The van der Waals surface area contributed by atoms with Gasteiger partial charge in [-0.2, -0.15) is 15.0 Å². The lowest BCUT2D eigenvalue weighted by molar-refractivity contribution is 0.724. The first kappa shape index (κ1) is 17.2. The molecule has 0 aliphatic carbocycles. The van der Waals surface area contributed by atoms with Gasteiger partial charge in [-0.3, -0.25) is 0 Å². The largest absolute Gasteiger partial charge is 0.316 e. The highest BCUT2D eigenvalue weighted by molar-refractivity contribution is 5.46. The molecule has 0 amide bonds. The molecule has 0 fully saturated rings. The van der Waals surface area contributed by atoms with Gasteiger partial charge in [0.1, 0.15) is 0 Å². The maximum atomic E-state index is 5.62. The lowest BCUT2D eigenvalue weighted by Gasteiger charge is -2.25. The van der Waals surface area contributed by atoms with E-state index in [1.165, 1.54) is 0 Å². The average molecular weight is 300 g/mol. The fourth-order valence-electron chi connectivity index (χ4n) is 1.48. The molecule has 12 heteroatoms. The van der Waals surface area contributed by atoms with Crippen molar-refractivity contribution >= 4 is 17.8 Å². The van der Waals surface area contributed by atoms with E-state index in [0.29, 0.717) is 17.8 Å². The first-order chi connectivity index (χ1) is 10.1. The standard InChI is InChI=1S/C9H24N12/c10-1-19(2-11)7-16-8(20(3-12)4-13)18-9(17-7)21(5-14)6-15/h1-6,10-15H2. The summed E-state index contributed by atoms with van der Waals surface area (Å²) < 4.78 is 0. The first-order valence-electron chi connectivity index (χ1n) is 6.36. The van der Waals surface area contributed by atoms with Gasteiger partial charge >= 0.3 is 0 Å². The van der Waals surface area contributed by atoms with Gasteiger partial charge in [0.15, 0.2) is 0 Å². The minimum atomic E-state index is 0.149. The predicted molar refractivity (Wildman–Crippen MR) is 81.6 cm³/mol. The molecule has 0 saturated heterocycles. The lowest BCUT2D eigenvalue weighted by Crippen LogP contribution is -2.41. The van der Waals surface area contributed by atoms with E-state index in [4.69, 9.17) is 34.4 Å². The summed E-state index contributed by atoms with van der Waals surface area (Å²) in [6.07, 6.45) is 0. The minimum Gasteiger partial charge on any atom is -0.316 e. The van der Waals surface area contributed by atoms with Gasteiger partial charge in [0.25, 0.3) is 0 Å². The third-order valence-electron chi connectivity index (χ3n) is 2.77. The van der Waals surface area contributed by atoms with Crippen molar-refractivity contribution in [2.45, 2.75) is 0 Å². The molecule has 0 saturated carbocycles. The van der Waals surface area contributed by atoms with Crippen LogP contribution in [0.5, 0.6) is 0 Å². The van der Waals surface area contributed by atoms with Crippen LogP contribution in [0.25, 0.3) is 0 Å². The fraction of sp³-hybridized carbons (Fsp3) is 0.667. The average Bonchev–Trinajstić information content (AvgIpc) is 2.51. The van der Waals surface area contributed by atoms with E-state index in [9.17, 15) is 0 Å². The predicted octanol–water partition coefficient (Wildman–Crippen LogP) is -4.21. The van der Waals surface area contributed by atoms with E-state index in [-0.39, 0.29) is 40.0 Å². The molecule has 0 spiro atoms. The van der Waals surface area contributed by atoms with Gasteiger partial charge in [-0.1, -0.05) is 0 Å². The normalized spacial score (nSPS) is 10.6. The van der Waals surface area contributed by atoms with Gasteiger partial charge in [0.05, 0.1) is 40.0 Å². The Morgan fingerprint density at radius 3 is 0.810 bits per heavy atom. The Bertz CT molecular complexity index is 339. The van der Waals surface area contributed by atoms with Gasteiger partial charge < -0.3 is 49.1 Å². The van der Waals surface area contributed by atoms with Crippen LogP contribution in [0.4, 0.5) is 17.8 Å². The molecule has 12 nitrogen and oxygen atoms in total. The van der Waals surface area contributed by atoms with E-state index in [2.05, 4.69) is 15.0 Å². The smallest absolute Gasteiger partial charge is 0.234 e. The zero-order valence-electron chi connectivity index (χ0n) is 11.9. The Morgan fingerprint density at radius 1 is 0.476 bits per heavy atom. The highest BCUT2D eigenvalue weighted by Gasteiger charge is 2.17.